The zero-order valence-electron chi connectivity index (χ0n) is 14.2. The van der Waals surface area contributed by atoms with Crippen molar-refractivity contribution in [2.45, 2.75) is 25.6 Å². The second-order valence-electron chi connectivity index (χ2n) is 6.06. The number of hydrogen-bond acceptors (Lipinski definition) is 3. The van der Waals surface area contributed by atoms with Gasteiger partial charge >= 0.3 is 0 Å². The molecule has 1 aliphatic rings. The van der Waals surface area contributed by atoms with E-state index in [0.717, 1.165) is 36.3 Å². The summed E-state index contributed by atoms with van der Waals surface area (Å²) in [5.74, 6) is 0.712. The molecule has 130 valence electrons. The van der Waals surface area contributed by atoms with Gasteiger partial charge in [0.05, 0.1) is 6.10 Å². The van der Waals surface area contributed by atoms with E-state index in [4.69, 9.17) is 9.47 Å². The smallest absolute Gasteiger partial charge is 0.244 e. The van der Waals surface area contributed by atoms with Crippen molar-refractivity contribution in [1.29, 1.82) is 0 Å². The highest BCUT2D eigenvalue weighted by atomic mass is 16.5. The maximum atomic E-state index is 11.8. The van der Waals surface area contributed by atoms with E-state index in [9.17, 15) is 4.79 Å². The lowest BCUT2D eigenvalue weighted by Gasteiger charge is -2.09. The SMILES string of the molecule is O=C(/C=C/c1ccc(OCc2ccccc2)cc1)NCC1CCCO1. The Labute approximate surface area is 148 Å². The normalized spacial score (nSPS) is 16.9. The average Bonchev–Trinajstić information content (AvgIpc) is 3.18. The lowest BCUT2D eigenvalue weighted by Crippen LogP contribution is -2.30. The molecule has 0 spiro atoms. The molecule has 0 saturated carbocycles. The van der Waals surface area contributed by atoms with Crippen LogP contribution in [0.4, 0.5) is 0 Å². The number of benzene rings is 2. The number of carbonyl (C=O) groups excluding carboxylic acids is 1. The molecule has 0 radical (unpaired) electrons. The van der Waals surface area contributed by atoms with Gasteiger partial charge in [-0.3, -0.25) is 4.79 Å². The predicted molar refractivity (Wildman–Crippen MR) is 98.2 cm³/mol. The van der Waals surface area contributed by atoms with Gasteiger partial charge in [-0.2, -0.15) is 0 Å². The molecule has 25 heavy (non-hydrogen) atoms. The molecule has 0 aliphatic carbocycles. The predicted octanol–water partition coefficient (Wildman–Crippen LogP) is 3.57. The molecule has 0 bridgehead atoms. The van der Waals surface area contributed by atoms with E-state index in [1.807, 2.05) is 54.6 Å². The van der Waals surface area contributed by atoms with Crippen LogP contribution in [0.5, 0.6) is 5.75 Å². The fourth-order valence-corrected chi connectivity index (χ4v) is 2.67. The van der Waals surface area contributed by atoms with Crippen LogP contribution in [-0.2, 0) is 16.1 Å². The van der Waals surface area contributed by atoms with Crippen LogP contribution in [0.1, 0.15) is 24.0 Å². The van der Waals surface area contributed by atoms with Gasteiger partial charge in [-0.1, -0.05) is 42.5 Å². The zero-order valence-corrected chi connectivity index (χ0v) is 14.2. The first-order chi connectivity index (χ1) is 12.3. The van der Waals surface area contributed by atoms with Crippen molar-refractivity contribution in [2.24, 2.45) is 0 Å². The number of carbonyl (C=O) groups is 1. The molecule has 3 rings (SSSR count). The Balaban J connectivity index is 1.44. The molecule has 1 fully saturated rings. The van der Waals surface area contributed by atoms with Crippen LogP contribution in [0.25, 0.3) is 6.08 Å². The Kier molecular flexibility index (Phi) is 6.23. The van der Waals surface area contributed by atoms with E-state index < -0.39 is 0 Å². The van der Waals surface area contributed by atoms with Gasteiger partial charge in [-0.25, -0.2) is 0 Å². The van der Waals surface area contributed by atoms with Crippen molar-refractivity contribution in [3.05, 3.63) is 71.8 Å². The minimum absolute atomic E-state index is 0.0973. The Morgan fingerprint density at radius 3 is 2.68 bits per heavy atom. The molecule has 1 saturated heterocycles. The van der Waals surface area contributed by atoms with Gasteiger partial charge in [-0.05, 0) is 42.2 Å². The van der Waals surface area contributed by atoms with Crippen LogP contribution in [0.2, 0.25) is 0 Å². The monoisotopic (exact) mass is 337 g/mol. The molecule has 1 atom stereocenters. The molecular weight excluding hydrogens is 314 g/mol. The van der Waals surface area contributed by atoms with Crippen LogP contribution in [0.3, 0.4) is 0 Å². The molecule has 1 N–H and O–H groups in total. The Morgan fingerprint density at radius 1 is 1.16 bits per heavy atom. The first-order valence-electron chi connectivity index (χ1n) is 8.64. The van der Waals surface area contributed by atoms with Crippen molar-refractivity contribution >= 4 is 12.0 Å². The van der Waals surface area contributed by atoms with Crippen molar-refractivity contribution in [3.63, 3.8) is 0 Å². The number of rotatable bonds is 7. The molecule has 2 aromatic rings. The molecule has 4 heteroatoms. The summed E-state index contributed by atoms with van der Waals surface area (Å²) in [6.45, 7) is 1.92. The third-order valence-corrected chi connectivity index (χ3v) is 4.08. The zero-order chi connectivity index (χ0) is 17.3. The van der Waals surface area contributed by atoms with Crippen molar-refractivity contribution < 1.29 is 14.3 Å². The van der Waals surface area contributed by atoms with Crippen LogP contribution < -0.4 is 10.1 Å². The number of hydrogen-bond donors (Lipinski definition) is 1. The van der Waals surface area contributed by atoms with Crippen molar-refractivity contribution in [1.82, 2.24) is 5.32 Å². The van der Waals surface area contributed by atoms with E-state index in [1.54, 1.807) is 12.2 Å². The number of nitrogens with one attached hydrogen (secondary N) is 1. The first-order valence-corrected chi connectivity index (χ1v) is 8.64. The summed E-state index contributed by atoms with van der Waals surface area (Å²) < 4.78 is 11.2. The highest BCUT2D eigenvalue weighted by Crippen LogP contribution is 2.15. The fourth-order valence-electron chi connectivity index (χ4n) is 2.67. The molecule has 0 aromatic heterocycles. The van der Waals surface area contributed by atoms with Gasteiger partial charge in [0, 0.05) is 19.2 Å². The van der Waals surface area contributed by atoms with E-state index in [-0.39, 0.29) is 12.0 Å². The standard InChI is InChI=1S/C21H23NO3/c23-21(22-15-20-7-4-14-24-20)13-10-17-8-11-19(12-9-17)25-16-18-5-2-1-3-6-18/h1-3,5-6,8-13,20H,4,7,14-16H2,(H,22,23)/b13-10+. The van der Waals surface area contributed by atoms with E-state index in [2.05, 4.69) is 5.32 Å². The third kappa shape index (κ3) is 5.76. The summed E-state index contributed by atoms with van der Waals surface area (Å²) in [5.41, 5.74) is 2.09. The molecule has 1 unspecified atom stereocenters. The van der Waals surface area contributed by atoms with Crippen molar-refractivity contribution in [2.75, 3.05) is 13.2 Å². The first kappa shape index (κ1) is 17.2. The Hall–Kier alpha value is -2.59. The molecule has 1 heterocycles. The maximum absolute atomic E-state index is 11.8. The second kappa shape index (κ2) is 9.04. The molecule has 1 amide bonds. The number of amides is 1. The highest BCUT2D eigenvalue weighted by molar-refractivity contribution is 5.91. The van der Waals surface area contributed by atoms with E-state index in [1.165, 1.54) is 0 Å². The van der Waals surface area contributed by atoms with Gasteiger partial charge in [-0.15, -0.1) is 0 Å². The van der Waals surface area contributed by atoms with E-state index >= 15 is 0 Å². The average molecular weight is 337 g/mol. The van der Waals surface area contributed by atoms with Gasteiger partial charge in [0.15, 0.2) is 0 Å². The second-order valence-corrected chi connectivity index (χ2v) is 6.06. The summed E-state index contributed by atoms with van der Waals surface area (Å²) >= 11 is 0. The highest BCUT2D eigenvalue weighted by Gasteiger charge is 2.15. The Morgan fingerprint density at radius 2 is 1.96 bits per heavy atom. The summed E-state index contributed by atoms with van der Waals surface area (Å²) in [4.78, 5) is 11.8. The lowest BCUT2D eigenvalue weighted by molar-refractivity contribution is -0.116. The quantitative estimate of drug-likeness (QED) is 0.786. The summed E-state index contributed by atoms with van der Waals surface area (Å²) in [5, 5.41) is 2.87. The molecule has 4 nitrogen and oxygen atoms in total. The maximum Gasteiger partial charge on any atom is 0.244 e. The third-order valence-electron chi connectivity index (χ3n) is 4.08. The summed E-state index contributed by atoms with van der Waals surface area (Å²) in [6.07, 6.45) is 5.61. The largest absolute Gasteiger partial charge is 0.489 e. The van der Waals surface area contributed by atoms with Crippen molar-refractivity contribution in [3.8, 4) is 5.75 Å². The minimum atomic E-state index is -0.0973. The lowest BCUT2D eigenvalue weighted by atomic mass is 10.2. The topological polar surface area (TPSA) is 47.6 Å². The fraction of sp³-hybridized carbons (Fsp3) is 0.286. The van der Waals surface area contributed by atoms with Gasteiger partial charge in [0.1, 0.15) is 12.4 Å². The van der Waals surface area contributed by atoms with Crippen LogP contribution >= 0.6 is 0 Å². The van der Waals surface area contributed by atoms with Gasteiger partial charge in [0.25, 0.3) is 0 Å². The van der Waals surface area contributed by atoms with Crippen LogP contribution in [-0.4, -0.2) is 25.2 Å². The molecule has 1 aliphatic heterocycles. The number of ether oxygens (including phenoxy) is 2. The molecular formula is C21H23NO3. The van der Waals surface area contributed by atoms with Crippen LogP contribution in [0, 0.1) is 0 Å². The Bertz CT molecular complexity index is 689. The summed E-state index contributed by atoms with van der Waals surface area (Å²) in [7, 11) is 0. The summed E-state index contributed by atoms with van der Waals surface area (Å²) in [6, 6.07) is 17.7. The van der Waals surface area contributed by atoms with Gasteiger partial charge in [0.2, 0.25) is 5.91 Å². The van der Waals surface area contributed by atoms with Gasteiger partial charge < -0.3 is 14.8 Å². The van der Waals surface area contributed by atoms with Crippen LogP contribution in [0.15, 0.2) is 60.7 Å². The van der Waals surface area contributed by atoms with E-state index in [0.29, 0.717) is 13.2 Å². The molecule has 2 aromatic carbocycles. The minimum Gasteiger partial charge on any atom is -0.489 e.